The quantitative estimate of drug-likeness (QED) is 0.746. The number of anilines is 1. The van der Waals surface area contributed by atoms with Crippen LogP contribution in [0.4, 0.5) is 5.69 Å². The molecular formula is C21H23NO4. The molecule has 2 aromatic rings. The Balaban J connectivity index is 1.57. The number of hydrogen-bond donors (Lipinski definition) is 0. The maximum Gasteiger partial charge on any atom is 0.311 e. The van der Waals surface area contributed by atoms with Crippen LogP contribution in [0.2, 0.25) is 0 Å². The summed E-state index contributed by atoms with van der Waals surface area (Å²) < 4.78 is 10.8. The summed E-state index contributed by atoms with van der Waals surface area (Å²) in [5.41, 5.74) is 2.87. The summed E-state index contributed by atoms with van der Waals surface area (Å²) >= 11 is 0. The zero-order valence-electron chi connectivity index (χ0n) is 15.1. The molecule has 1 heterocycles. The van der Waals surface area contributed by atoms with Crippen molar-refractivity contribution in [2.24, 2.45) is 5.92 Å². The van der Waals surface area contributed by atoms with E-state index in [9.17, 15) is 9.59 Å². The minimum absolute atomic E-state index is 0.0635. The van der Waals surface area contributed by atoms with Gasteiger partial charge in [-0.05, 0) is 43.7 Å². The van der Waals surface area contributed by atoms with Crippen LogP contribution in [0.25, 0.3) is 0 Å². The first-order valence-corrected chi connectivity index (χ1v) is 8.82. The van der Waals surface area contributed by atoms with E-state index in [1.807, 2.05) is 62.4 Å². The summed E-state index contributed by atoms with van der Waals surface area (Å²) in [5, 5.41) is 0. The summed E-state index contributed by atoms with van der Waals surface area (Å²) in [6.45, 7) is 5.10. The first kappa shape index (κ1) is 18.0. The zero-order chi connectivity index (χ0) is 18.5. The number of carbonyl (C=O) groups is 2. The minimum atomic E-state index is -0.431. The fourth-order valence-corrected chi connectivity index (χ4v) is 2.96. The summed E-state index contributed by atoms with van der Waals surface area (Å²) in [7, 11) is 0. The molecule has 1 aliphatic heterocycles. The number of hydrogen-bond acceptors (Lipinski definition) is 4. The molecule has 0 saturated carbocycles. The number of ether oxygens (including phenoxy) is 2. The highest BCUT2D eigenvalue weighted by atomic mass is 16.5. The van der Waals surface area contributed by atoms with E-state index in [-0.39, 0.29) is 24.9 Å². The molecule has 1 unspecified atom stereocenters. The van der Waals surface area contributed by atoms with E-state index in [0.29, 0.717) is 13.2 Å². The van der Waals surface area contributed by atoms with Crippen LogP contribution in [0.15, 0.2) is 48.5 Å². The van der Waals surface area contributed by atoms with Gasteiger partial charge in [0.15, 0.2) is 0 Å². The van der Waals surface area contributed by atoms with Gasteiger partial charge in [-0.25, -0.2) is 0 Å². The Morgan fingerprint density at radius 3 is 2.46 bits per heavy atom. The van der Waals surface area contributed by atoms with Crippen molar-refractivity contribution >= 4 is 17.6 Å². The van der Waals surface area contributed by atoms with Crippen LogP contribution in [0, 0.1) is 12.8 Å². The first-order chi connectivity index (χ1) is 12.6. The van der Waals surface area contributed by atoms with Gasteiger partial charge in [-0.15, -0.1) is 0 Å². The van der Waals surface area contributed by atoms with E-state index >= 15 is 0 Å². The lowest BCUT2D eigenvalue weighted by atomic mass is 10.1. The second-order valence-electron chi connectivity index (χ2n) is 6.43. The van der Waals surface area contributed by atoms with Crippen molar-refractivity contribution in [3.63, 3.8) is 0 Å². The summed E-state index contributed by atoms with van der Waals surface area (Å²) in [4.78, 5) is 26.3. The van der Waals surface area contributed by atoms with Crippen LogP contribution in [-0.2, 0) is 20.9 Å². The number of benzene rings is 2. The third-order valence-corrected chi connectivity index (χ3v) is 4.42. The molecule has 5 nitrogen and oxygen atoms in total. The van der Waals surface area contributed by atoms with Gasteiger partial charge in [0.25, 0.3) is 0 Å². The van der Waals surface area contributed by atoms with Crippen LogP contribution in [-0.4, -0.2) is 25.0 Å². The second kappa shape index (κ2) is 8.04. The molecule has 3 rings (SSSR count). The van der Waals surface area contributed by atoms with Crippen molar-refractivity contribution in [3.05, 3.63) is 59.7 Å². The van der Waals surface area contributed by atoms with Gasteiger partial charge in [0.1, 0.15) is 12.4 Å². The van der Waals surface area contributed by atoms with Crippen LogP contribution in [0.3, 0.4) is 0 Å². The average molecular weight is 353 g/mol. The smallest absolute Gasteiger partial charge is 0.311 e. The fraction of sp³-hybridized carbons (Fsp3) is 0.333. The van der Waals surface area contributed by atoms with Crippen molar-refractivity contribution in [1.82, 2.24) is 0 Å². The zero-order valence-corrected chi connectivity index (χ0v) is 15.1. The maximum atomic E-state index is 12.3. The Morgan fingerprint density at radius 2 is 1.81 bits per heavy atom. The van der Waals surface area contributed by atoms with Crippen LogP contribution >= 0.6 is 0 Å². The Bertz CT molecular complexity index is 768. The number of rotatable bonds is 6. The van der Waals surface area contributed by atoms with Crippen molar-refractivity contribution in [1.29, 1.82) is 0 Å². The molecule has 0 aromatic heterocycles. The van der Waals surface area contributed by atoms with E-state index in [1.54, 1.807) is 4.90 Å². The molecule has 1 atom stereocenters. The molecule has 0 aliphatic carbocycles. The van der Waals surface area contributed by atoms with Crippen molar-refractivity contribution in [2.45, 2.75) is 26.9 Å². The topological polar surface area (TPSA) is 55.8 Å². The second-order valence-corrected chi connectivity index (χ2v) is 6.43. The normalized spacial score (nSPS) is 16.6. The maximum absolute atomic E-state index is 12.3. The average Bonchev–Trinajstić information content (AvgIpc) is 3.04. The van der Waals surface area contributed by atoms with Crippen LogP contribution in [0.5, 0.6) is 5.75 Å². The SMILES string of the molecule is CCOc1ccc(N2CC(C(=O)OCc3ccc(C)cc3)CC2=O)cc1. The molecule has 136 valence electrons. The molecule has 26 heavy (non-hydrogen) atoms. The Labute approximate surface area is 153 Å². The molecule has 1 saturated heterocycles. The lowest BCUT2D eigenvalue weighted by Crippen LogP contribution is -2.26. The van der Waals surface area contributed by atoms with Gasteiger partial charge in [-0.2, -0.15) is 0 Å². The van der Waals surface area contributed by atoms with Gasteiger partial charge in [-0.3, -0.25) is 9.59 Å². The largest absolute Gasteiger partial charge is 0.494 e. The summed E-state index contributed by atoms with van der Waals surface area (Å²) in [6.07, 6.45) is 0.180. The molecule has 0 N–H and O–H groups in total. The predicted molar refractivity (Wildman–Crippen MR) is 99.0 cm³/mol. The standard InChI is InChI=1S/C21H23NO4/c1-3-25-19-10-8-18(9-11-19)22-13-17(12-20(22)23)21(24)26-14-16-6-4-15(2)5-7-16/h4-11,17H,3,12-14H2,1-2H3. The highest BCUT2D eigenvalue weighted by molar-refractivity contribution is 5.99. The number of aryl methyl sites for hydroxylation is 1. The van der Waals surface area contributed by atoms with E-state index in [0.717, 1.165) is 22.6 Å². The summed E-state index contributed by atoms with van der Waals surface area (Å²) in [5.74, 6) is -0.0599. The van der Waals surface area contributed by atoms with Crippen LogP contribution in [0.1, 0.15) is 24.5 Å². The molecule has 1 amide bonds. The molecule has 5 heteroatoms. The Kier molecular flexibility index (Phi) is 5.56. The fourth-order valence-electron chi connectivity index (χ4n) is 2.96. The summed E-state index contributed by atoms with van der Waals surface area (Å²) in [6, 6.07) is 15.2. The number of carbonyl (C=O) groups excluding carboxylic acids is 2. The van der Waals surface area contributed by atoms with Crippen molar-refractivity contribution < 1.29 is 19.1 Å². The number of amides is 1. The molecule has 1 fully saturated rings. The molecule has 0 radical (unpaired) electrons. The monoisotopic (exact) mass is 353 g/mol. The molecule has 0 spiro atoms. The Hall–Kier alpha value is -2.82. The highest BCUT2D eigenvalue weighted by Crippen LogP contribution is 2.27. The van der Waals surface area contributed by atoms with Crippen molar-refractivity contribution in [2.75, 3.05) is 18.1 Å². The third kappa shape index (κ3) is 4.23. The van der Waals surface area contributed by atoms with Gasteiger partial charge in [-0.1, -0.05) is 29.8 Å². The number of nitrogens with zero attached hydrogens (tertiary/aromatic N) is 1. The van der Waals surface area contributed by atoms with Gasteiger partial charge >= 0.3 is 5.97 Å². The van der Waals surface area contributed by atoms with Crippen LogP contribution < -0.4 is 9.64 Å². The first-order valence-electron chi connectivity index (χ1n) is 8.82. The molecule has 2 aromatic carbocycles. The minimum Gasteiger partial charge on any atom is -0.494 e. The van der Waals surface area contributed by atoms with E-state index in [4.69, 9.17) is 9.47 Å². The van der Waals surface area contributed by atoms with Gasteiger partial charge in [0, 0.05) is 18.7 Å². The van der Waals surface area contributed by atoms with E-state index in [2.05, 4.69) is 0 Å². The van der Waals surface area contributed by atoms with E-state index in [1.165, 1.54) is 0 Å². The number of esters is 1. The van der Waals surface area contributed by atoms with Gasteiger partial charge in [0.2, 0.25) is 5.91 Å². The molecule has 1 aliphatic rings. The van der Waals surface area contributed by atoms with Gasteiger partial charge < -0.3 is 14.4 Å². The third-order valence-electron chi connectivity index (χ3n) is 4.42. The molecule has 0 bridgehead atoms. The Morgan fingerprint density at radius 1 is 1.12 bits per heavy atom. The lowest BCUT2D eigenvalue weighted by molar-refractivity contribution is -0.149. The van der Waals surface area contributed by atoms with E-state index < -0.39 is 5.92 Å². The van der Waals surface area contributed by atoms with Crippen molar-refractivity contribution in [3.8, 4) is 5.75 Å². The van der Waals surface area contributed by atoms with Gasteiger partial charge in [0.05, 0.1) is 12.5 Å². The predicted octanol–water partition coefficient (Wildman–Crippen LogP) is 3.49. The molecular weight excluding hydrogens is 330 g/mol. The lowest BCUT2D eigenvalue weighted by Gasteiger charge is -2.17. The highest BCUT2D eigenvalue weighted by Gasteiger charge is 2.36.